The van der Waals surface area contributed by atoms with E-state index < -0.39 is 32.7 Å². The number of hydrogen-bond donors (Lipinski definition) is 0. The minimum atomic E-state index is -2.09. The van der Waals surface area contributed by atoms with Gasteiger partial charge in [0.1, 0.15) is 0 Å². The normalized spacial score (nSPS) is 14.7. The first kappa shape index (κ1) is 32.7. The number of hydrogen-bond acceptors (Lipinski definition) is 3. The van der Waals surface area contributed by atoms with Crippen molar-refractivity contribution in [3.8, 4) is 5.75 Å². The Morgan fingerprint density at radius 2 is 1.17 bits per heavy atom. The molecule has 0 atom stereocenters. The van der Waals surface area contributed by atoms with Crippen LogP contribution in [0.4, 0.5) is 11.4 Å². The van der Waals surface area contributed by atoms with Gasteiger partial charge in [-0.05, 0) is 0 Å². The summed E-state index contributed by atoms with van der Waals surface area (Å²) < 4.78 is 8.48. The molecule has 1 aliphatic carbocycles. The molecular formula is C38H51N2OTb. The summed E-state index contributed by atoms with van der Waals surface area (Å²) in [5.41, 5.74) is 9.24. The SMILES string of the molecule is COc1c(C(C)(C)C)cc(C)cc1C(C)(C)[C]1([Tb]([CH2]c2ccccc2N(C)C)[CH2]c2ccccc2N(C)C)C=CC=C1. The molecule has 0 fully saturated rings. The quantitative estimate of drug-likeness (QED) is 0.209. The molecule has 4 rings (SSSR count). The van der Waals surface area contributed by atoms with Crippen LogP contribution in [0.5, 0.6) is 5.75 Å². The average Bonchev–Trinajstić information content (AvgIpc) is 3.44. The second-order valence-corrected chi connectivity index (χ2v) is 19.3. The summed E-state index contributed by atoms with van der Waals surface area (Å²) >= 11 is -2.09. The summed E-state index contributed by atoms with van der Waals surface area (Å²) in [7, 11) is 10.5. The van der Waals surface area contributed by atoms with Crippen molar-refractivity contribution in [2.24, 2.45) is 0 Å². The number of anilines is 2. The molecule has 0 saturated carbocycles. The van der Waals surface area contributed by atoms with Crippen LogP contribution in [0.25, 0.3) is 0 Å². The fraction of sp³-hybridized carbons (Fsp3) is 0.421. The molecule has 0 aromatic heterocycles. The van der Waals surface area contributed by atoms with Crippen molar-refractivity contribution in [1.29, 1.82) is 0 Å². The minimum absolute atomic E-state index is 0.0227. The Balaban J connectivity index is 1.97. The first-order valence-corrected chi connectivity index (χ1v) is 18.9. The third kappa shape index (κ3) is 6.36. The summed E-state index contributed by atoms with van der Waals surface area (Å²) in [5, 5.41) is 0. The summed E-state index contributed by atoms with van der Waals surface area (Å²) in [6.45, 7) is 14.1. The van der Waals surface area contributed by atoms with Gasteiger partial charge in [0, 0.05) is 0 Å². The molecule has 42 heavy (non-hydrogen) atoms. The van der Waals surface area contributed by atoms with Gasteiger partial charge in [-0.25, -0.2) is 0 Å². The van der Waals surface area contributed by atoms with Gasteiger partial charge in [0.25, 0.3) is 0 Å². The molecule has 0 N–H and O–H groups in total. The van der Waals surface area contributed by atoms with Gasteiger partial charge in [-0.3, -0.25) is 0 Å². The predicted molar refractivity (Wildman–Crippen MR) is 179 cm³/mol. The van der Waals surface area contributed by atoms with Crippen LogP contribution in [0.15, 0.2) is 85.0 Å². The summed E-state index contributed by atoms with van der Waals surface area (Å²) in [6.07, 6.45) is 9.71. The monoisotopic (exact) mass is 710 g/mol. The number of allylic oxidation sites excluding steroid dienone is 4. The Morgan fingerprint density at radius 1 is 0.714 bits per heavy atom. The van der Waals surface area contributed by atoms with Gasteiger partial charge in [0.15, 0.2) is 0 Å². The van der Waals surface area contributed by atoms with E-state index >= 15 is 0 Å². The maximum atomic E-state index is 6.32. The standard InChI is InChI=1S/C20H27O.2C9H12N.Tb/c1-14-12-16(19(2,3)4)18(21-7)17(13-14)20(5,6)15-10-8-9-11-15;2*1-8-6-4-5-7-9(8)10(2)3;/h8-13H,1-7H3;2*4-7H,1H2,2-3H3;. The summed E-state index contributed by atoms with van der Waals surface area (Å²) in [4.78, 5) is 4.55. The van der Waals surface area contributed by atoms with E-state index in [1.807, 2.05) is 7.11 Å². The number of nitrogens with zero attached hydrogens (tertiary/aromatic N) is 2. The van der Waals surface area contributed by atoms with Crippen molar-refractivity contribution in [3.63, 3.8) is 0 Å². The van der Waals surface area contributed by atoms with Crippen molar-refractivity contribution >= 4 is 11.4 Å². The van der Waals surface area contributed by atoms with Crippen LogP contribution in [-0.2, 0) is 15.6 Å². The number of ether oxygens (including phenoxy) is 1. The van der Waals surface area contributed by atoms with Gasteiger partial charge in [0.2, 0.25) is 0 Å². The molecular weight excluding hydrogens is 659 g/mol. The van der Waals surface area contributed by atoms with E-state index in [1.165, 1.54) is 39.2 Å². The van der Waals surface area contributed by atoms with Gasteiger partial charge in [-0.2, -0.15) is 0 Å². The molecule has 0 saturated heterocycles. The van der Waals surface area contributed by atoms with Crippen molar-refractivity contribution in [2.45, 2.75) is 58.5 Å². The van der Waals surface area contributed by atoms with Crippen molar-refractivity contribution in [3.05, 3.63) is 113 Å². The molecule has 0 bridgehead atoms. The van der Waals surface area contributed by atoms with E-state index in [9.17, 15) is 0 Å². The maximum absolute atomic E-state index is 6.32. The number of methoxy groups -OCH3 is 1. The molecule has 0 unspecified atom stereocenters. The third-order valence-corrected chi connectivity index (χ3v) is 16.5. The predicted octanol–water partition coefficient (Wildman–Crippen LogP) is 9.02. The Morgan fingerprint density at radius 3 is 1.60 bits per heavy atom. The second kappa shape index (κ2) is 12.8. The topological polar surface area (TPSA) is 15.7 Å². The number of benzene rings is 3. The van der Waals surface area contributed by atoms with Gasteiger partial charge < -0.3 is 0 Å². The zero-order chi connectivity index (χ0) is 30.9. The van der Waals surface area contributed by atoms with Crippen LogP contribution in [0.3, 0.4) is 0 Å². The van der Waals surface area contributed by atoms with E-state index in [2.05, 4.69) is 165 Å². The fourth-order valence-corrected chi connectivity index (χ4v) is 14.5. The Labute approximate surface area is 268 Å². The van der Waals surface area contributed by atoms with Crippen LogP contribution in [0, 0.1) is 39.6 Å². The zero-order valence-electron chi connectivity index (χ0n) is 27.6. The fourth-order valence-electron chi connectivity index (χ4n) is 6.16. The molecule has 0 radical (unpaired) electrons. The molecule has 0 amide bonds. The summed E-state index contributed by atoms with van der Waals surface area (Å²) in [5.74, 6) is 1.05. The first-order valence-electron chi connectivity index (χ1n) is 14.8. The second-order valence-electron chi connectivity index (χ2n) is 13.4. The first-order chi connectivity index (χ1) is 19.7. The molecule has 0 spiro atoms. The molecule has 1 aliphatic rings. The average molecular weight is 711 g/mol. The molecule has 0 heterocycles. The molecule has 3 aromatic carbocycles. The molecule has 0 aliphatic heterocycles. The van der Waals surface area contributed by atoms with Gasteiger partial charge >= 0.3 is 271 Å². The molecule has 4 heteroatoms. The molecule has 3 nitrogen and oxygen atoms in total. The van der Waals surface area contributed by atoms with Gasteiger partial charge in [-0.15, -0.1) is 0 Å². The Bertz CT molecular complexity index is 1390. The van der Waals surface area contributed by atoms with E-state index in [4.69, 9.17) is 4.74 Å². The van der Waals surface area contributed by atoms with Crippen LogP contribution in [0.1, 0.15) is 62.4 Å². The number of aryl methyl sites for hydroxylation is 1. The molecule has 3 aromatic rings. The molecule has 228 valence electrons. The van der Waals surface area contributed by atoms with Crippen LogP contribution in [0.2, 0.25) is 1.39 Å². The Hall–Kier alpha value is -2.17. The van der Waals surface area contributed by atoms with Crippen molar-refractivity contribution in [1.82, 2.24) is 0 Å². The van der Waals surface area contributed by atoms with Gasteiger partial charge in [0.05, 0.1) is 0 Å². The van der Waals surface area contributed by atoms with E-state index in [1.54, 1.807) is 0 Å². The van der Waals surface area contributed by atoms with Crippen molar-refractivity contribution in [2.75, 3.05) is 45.1 Å². The van der Waals surface area contributed by atoms with Gasteiger partial charge in [-0.1, -0.05) is 0 Å². The third-order valence-electron chi connectivity index (χ3n) is 8.50. The number of rotatable bonds is 10. The van der Waals surface area contributed by atoms with Crippen LogP contribution in [-0.4, -0.2) is 35.3 Å². The zero-order valence-corrected chi connectivity index (χ0v) is 29.8. The van der Waals surface area contributed by atoms with E-state index in [0.717, 1.165) is 10.5 Å². The van der Waals surface area contributed by atoms with Crippen molar-refractivity contribution < 1.29 is 37.4 Å². The van der Waals surface area contributed by atoms with Crippen LogP contribution >= 0.6 is 0 Å². The summed E-state index contributed by atoms with van der Waals surface area (Å²) in [6, 6.07) is 22.7. The Kier molecular flexibility index (Phi) is 9.99. The van der Waals surface area contributed by atoms with Crippen LogP contribution < -0.4 is 14.5 Å². The van der Waals surface area contributed by atoms with E-state index in [-0.39, 0.29) is 12.2 Å². The van der Waals surface area contributed by atoms with E-state index in [0.29, 0.717) is 0 Å². The number of para-hydroxylation sites is 2.